The number of carbonyl (C=O) groups excluding carboxylic acids is 2. The van der Waals surface area contributed by atoms with Crippen LogP contribution in [-0.4, -0.2) is 24.9 Å². The van der Waals surface area contributed by atoms with Crippen LogP contribution in [0.4, 0.5) is 11.4 Å². The van der Waals surface area contributed by atoms with Gasteiger partial charge in [0.25, 0.3) is 0 Å². The molecule has 2 aromatic carbocycles. The van der Waals surface area contributed by atoms with Gasteiger partial charge in [0, 0.05) is 24.5 Å². The number of benzene rings is 2. The SMILES string of the molecule is CCN(CC)c1ccc(NC(=O)CC(=O)NC(C)c2ccccc2)c(C)c1. The van der Waals surface area contributed by atoms with Crippen molar-refractivity contribution in [3.8, 4) is 0 Å². The number of rotatable bonds is 8. The van der Waals surface area contributed by atoms with Gasteiger partial charge in [-0.05, 0) is 57.0 Å². The largest absolute Gasteiger partial charge is 0.372 e. The number of anilines is 2. The van der Waals surface area contributed by atoms with Gasteiger partial charge in [0.15, 0.2) is 0 Å². The number of hydrogen-bond donors (Lipinski definition) is 2. The minimum absolute atomic E-state index is 0.137. The van der Waals surface area contributed by atoms with Crippen molar-refractivity contribution in [2.24, 2.45) is 0 Å². The van der Waals surface area contributed by atoms with Crippen molar-refractivity contribution in [3.05, 3.63) is 59.7 Å². The number of aryl methyl sites for hydroxylation is 1. The van der Waals surface area contributed by atoms with Crippen LogP contribution in [0, 0.1) is 6.92 Å². The first-order valence-corrected chi connectivity index (χ1v) is 9.44. The van der Waals surface area contributed by atoms with Crippen LogP contribution in [0.2, 0.25) is 0 Å². The zero-order valence-corrected chi connectivity index (χ0v) is 16.6. The Kier molecular flexibility index (Phi) is 7.41. The fourth-order valence-corrected chi connectivity index (χ4v) is 3.03. The van der Waals surface area contributed by atoms with E-state index in [-0.39, 0.29) is 24.3 Å². The third-order valence-electron chi connectivity index (χ3n) is 4.61. The van der Waals surface area contributed by atoms with E-state index < -0.39 is 0 Å². The predicted octanol–water partition coefficient (Wildman–Crippen LogP) is 4.05. The van der Waals surface area contributed by atoms with Gasteiger partial charge in [0.2, 0.25) is 11.8 Å². The lowest BCUT2D eigenvalue weighted by molar-refractivity contribution is -0.127. The van der Waals surface area contributed by atoms with E-state index >= 15 is 0 Å². The maximum Gasteiger partial charge on any atom is 0.233 e. The molecule has 0 heterocycles. The monoisotopic (exact) mass is 367 g/mol. The van der Waals surface area contributed by atoms with Gasteiger partial charge >= 0.3 is 0 Å². The quantitative estimate of drug-likeness (QED) is 0.692. The Labute approximate surface area is 161 Å². The fourth-order valence-electron chi connectivity index (χ4n) is 3.03. The van der Waals surface area contributed by atoms with Gasteiger partial charge < -0.3 is 15.5 Å². The summed E-state index contributed by atoms with van der Waals surface area (Å²) >= 11 is 0. The highest BCUT2D eigenvalue weighted by Crippen LogP contribution is 2.22. The van der Waals surface area contributed by atoms with Gasteiger partial charge in [-0.2, -0.15) is 0 Å². The highest BCUT2D eigenvalue weighted by atomic mass is 16.2. The maximum absolute atomic E-state index is 12.2. The maximum atomic E-state index is 12.2. The molecule has 0 radical (unpaired) electrons. The number of amides is 2. The van der Waals surface area contributed by atoms with Crippen molar-refractivity contribution in [2.45, 2.75) is 40.2 Å². The van der Waals surface area contributed by atoms with E-state index in [0.29, 0.717) is 0 Å². The Morgan fingerprint density at radius 2 is 1.67 bits per heavy atom. The van der Waals surface area contributed by atoms with Crippen molar-refractivity contribution in [2.75, 3.05) is 23.3 Å². The first-order chi connectivity index (χ1) is 12.9. The summed E-state index contributed by atoms with van der Waals surface area (Å²) in [6, 6.07) is 15.5. The molecule has 144 valence electrons. The van der Waals surface area contributed by atoms with Crippen LogP contribution in [0.3, 0.4) is 0 Å². The molecular formula is C22H29N3O2. The third-order valence-corrected chi connectivity index (χ3v) is 4.61. The average molecular weight is 367 g/mol. The molecular weight excluding hydrogens is 338 g/mol. The van der Waals surface area contributed by atoms with E-state index in [9.17, 15) is 9.59 Å². The van der Waals surface area contributed by atoms with E-state index in [2.05, 4.69) is 35.4 Å². The number of nitrogens with zero attached hydrogens (tertiary/aromatic N) is 1. The summed E-state index contributed by atoms with van der Waals surface area (Å²) in [7, 11) is 0. The first-order valence-electron chi connectivity index (χ1n) is 9.44. The van der Waals surface area contributed by atoms with Crippen LogP contribution in [0.25, 0.3) is 0 Å². The molecule has 0 saturated heterocycles. The molecule has 5 nitrogen and oxygen atoms in total. The second-order valence-corrected chi connectivity index (χ2v) is 6.60. The zero-order chi connectivity index (χ0) is 19.8. The molecule has 5 heteroatoms. The van der Waals surface area contributed by atoms with E-state index in [4.69, 9.17) is 0 Å². The van der Waals surface area contributed by atoms with Gasteiger partial charge in [-0.25, -0.2) is 0 Å². The summed E-state index contributed by atoms with van der Waals surface area (Å²) < 4.78 is 0. The van der Waals surface area contributed by atoms with E-state index in [0.717, 1.165) is 35.6 Å². The zero-order valence-electron chi connectivity index (χ0n) is 16.6. The van der Waals surface area contributed by atoms with Crippen LogP contribution < -0.4 is 15.5 Å². The molecule has 2 rings (SSSR count). The second kappa shape index (κ2) is 9.76. The highest BCUT2D eigenvalue weighted by Gasteiger charge is 2.14. The van der Waals surface area contributed by atoms with Crippen LogP contribution in [-0.2, 0) is 9.59 Å². The molecule has 1 atom stereocenters. The molecule has 0 aliphatic rings. The normalized spacial score (nSPS) is 11.6. The molecule has 0 aliphatic carbocycles. The van der Waals surface area contributed by atoms with Crippen LogP contribution >= 0.6 is 0 Å². The van der Waals surface area contributed by atoms with Crippen LogP contribution in [0.5, 0.6) is 0 Å². The molecule has 0 aromatic heterocycles. The molecule has 1 unspecified atom stereocenters. The van der Waals surface area contributed by atoms with Crippen molar-refractivity contribution in [1.82, 2.24) is 5.32 Å². The van der Waals surface area contributed by atoms with Crippen molar-refractivity contribution >= 4 is 23.2 Å². The molecule has 0 fully saturated rings. The van der Waals surface area contributed by atoms with Crippen molar-refractivity contribution in [1.29, 1.82) is 0 Å². The lowest BCUT2D eigenvalue weighted by Gasteiger charge is -2.22. The number of carbonyl (C=O) groups is 2. The molecule has 2 N–H and O–H groups in total. The van der Waals surface area contributed by atoms with Crippen LogP contribution in [0.1, 0.15) is 44.4 Å². The lowest BCUT2D eigenvalue weighted by atomic mass is 10.1. The minimum atomic E-state index is -0.313. The molecule has 27 heavy (non-hydrogen) atoms. The third kappa shape index (κ3) is 5.84. The van der Waals surface area contributed by atoms with Gasteiger partial charge in [0.1, 0.15) is 6.42 Å². The van der Waals surface area contributed by atoms with E-state index in [1.165, 1.54) is 0 Å². The van der Waals surface area contributed by atoms with Gasteiger partial charge in [0.05, 0.1) is 6.04 Å². The topological polar surface area (TPSA) is 61.4 Å². The second-order valence-electron chi connectivity index (χ2n) is 6.60. The lowest BCUT2D eigenvalue weighted by Crippen LogP contribution is -2.30. The van der Waals surface area contributed by atoms with E-state index in [1.54, 1.807) is 0 Å². The molecule has 2 aromatic rings. The molecule has 0 saturated carbocycles. The Morgan fingerprint density at radius 1 is 1.00 bits per heavy atom. The molecule has 2 amide bonds. The van der Waals surface area contributed by atoms with E-state index in [1.807, 2.05) is 56.3 Å². The molecule has 0 spiro atoms. The van der Waals surface area contributed by atoms with Crippen molar-refractivity contribution < 1.29 is 9.59 Å². The molecule has 0 bridgehead atoms. The summed E-state index contributed by atoms with van der Waals surface area (Å²) in [4.78, 5) is 26.6. The Hall–Kier alpha value is -2.82. The average Bonchev–Trinajstić information content (AvgIpc) is 2.65. The Morgan fingerprint density at radius 3 is 2.26 bits per heavy atom. The standard InChI is InChI=1S/C22H29N3O2/c1-5-25(6-2)19-12-13-20(16(3)14-19)24-22(27)15-21(26)23-17(4)18-10-8-7-9-11-18/h7-14,17H,5-6,15H2,1-4H3,(H,23,26)(H,24,27). The Balaban J connectivity index is 1.92. The molecule has 0 aliphatic heterocycles. The summed E-state index contributed by atoms with van der Waals surface area (Å²) in [5.74, 6) is -0.604. The summed E-state index contributed by atoms with van der Waals surface area (Å²) in [5, 5.41) is 5.70. The fraction of sp³-hybridized carbons (Fsp3) is 0.364. The summed E-state index contributed by atoms with van der Waals surface area (Å²) in [6.07, 6.45) is -0.200. The van der Waals surface area contributed by atoms with Crippen molar-refractivity contribution in [3.63, 3.8) is 0 Å². The summed E-state index contributed by atoms with van der Waals surface area (Å²) in [6.45, 7) is 9.96. The Bertz CT molecular complexity index is 770. The number of nitrogens with one attached hydrogen (secondary N) is 2. The number of hydrogen-bond acceptors (Lipinski definition) is 3. The van der Waals surface area contributed by atoms with Gasteiger partial charge in [-0.3, -0.25) is 9.59 Å². The predicted molar refractivity (Wildman–Crippen MR) is 111 cm³/mol. The minimum Gasteiger partial charge on any atom is -0.372 e. The van der Waals surface area contributed by atoms with Crippen LogP contribution in [0.15, 0.2) is 48.5 Å². The van der Waals surface area contributed by atoms with Gasteiger partial charge in [-0.15, -0.1) is 0 Å². The van der Waals surface area contributed by atoms with Gasteiger partial charge in [-0.1, -0.05) is 30.3 Å². The first kappa shape index (κ1) is 20.5. The highest BCUT2D eigenvalue weighted by molar-refractivity contribution is 6.04. The smallest absolute Gasteiger partial charge is 0.233 e. The summed E-state index contributed by atoms with van der Waals surface area (Å²) in [5.41, 5.74) is 3.85.